The molecule has 0 aliphatic heterocycles. The Labute approximate surface area is 122 Å². The second kappa shape index (κ2) is 7.00. The molecule has 0 radical (unpaired) electrons. The van der Waals surface area contributed by atoms with Crippen molar-refractivity contribution < 1.29 is 4.79 Å². The molecule has 5 nitrogen and oxygen atoms in total. The highest BCUT2D eigenvalue weighted by molar-refractivity contribution is 7.09. The molecule has 1 unspecified atom stereocenters. The second-order valence-electron chi connectivity index (χ2n) is 4.42. The Hall–Kier alpha value is -1.95. The standard InChI is InChI=1S/C14H18N4OS/c1-3-5-15-12-9-11(4-6-16-12)13(19)18-10(2)14-17-7-8-20-14/h4,6-10H,3,5H2,1-2H3,(H,15,16)(H,18,19). The topological polar surface area (TPSA) is 66.9 Å². The summed E-state index contributed by atoms with van der Waals surface area (Å²) in [6.45, 7) is 4.85. The summed E-state index contributed by atoms with van der Waals surface area (Å²) >= 11 is 1.53. The molecular weight excluding hydrogens is 272 g/mol. The van der Waals surface area contributed by atoms with Gasteiger partial charge in [0.15, 0.2) is 0 Å². The molecule has 2 N–H and O–H groups in total. The van der Waals surface area contributed by atoms with Gasteiger partial charge in [0.25, 0.3) is 5.91 Å². The van der Waals surface area contributed by atoms with E-state index in [-0.39, 0.29) is 11.9 Å². The number of hydrogen-bond acceptors (Lipinski definition) is 5. The fourth-order valence-electron chi connectivity index (χ4n) is 1.71. The number of thiazole rings is 1. The molecule has 0 saturated heterocycles. The first-order valence-corrected chi connectivity index (χ1v) is 7.49. The first kappa shape index (κ1) is 14.5. The summed E-state index contributed by atoms with van der Waals surface area (Å²) in [5, 5.41) is 8.90. The number of rotatable bonds is 6. The van der Waals surface area contributed by atoms with Crippen LogP contribution < -0.4 is 10.6 Å². The smallest absolute Gasteiger partial charge is 0.252 e. The van der Waals surface area contributed by atoms with E-state index in [1.54, 1.807) is 24.5 Å². The maximum atomic E-state index is 12.2. The van der Waals surface area contributed by atoms with Crippen LogP contribution in [0.5, 0.6) is 0 Å². The molecule has 1 atom stereocenters. The molecule has 0 fully saturated rings. The van der Waals surface area contributed by atoms with Gasteiger partial charge in [0.05, 0.1) is 6.04 Å². The van der Waals surface area contributed by atoms with Crippen molar-refractivity contribution >= 4 is 23.1 Å². The molecule has 0 aromatic carbocycles. The number of anilines is 1. The van der Waals surface area contributed by atoms with Crippen molar-refractivity contribution in [2.75, 3.05) is 11.9 Å². The van der Waals surface area contributed by atoms with Gasteiger partial charge in [0, 0.05) is 29.9 Å². The quantitative estimate of drug-likeness (QED) is 0.858. The van der Waals surface area contributed by atoms with E-state index in [9.17, 15) is 4.79 Å². The predicted octanol–water partition coefficient (Wildman–Crippen LogP) is 2.85. The van der Waals surface area contributed by atoms with Gasteiger partial charge in [-0.3, -0.25) is 4.79 Å². The molecule has 0 spiro atoms. The van der Waals surface area contributed by atoms with Crippen LogP contribution in [-0.2, 0) is 0 Å². The van der Waals surface area contributed by atoms with E-state index in [0.717, 1.165) is 23.8 Å². The van der Waals surface area contributed by atoms with Crippen LogP contribution in [0.1, 0.15) is 41.7 Å². The SMILES string of the molecule is CCCNc1cc(C(=O)NC(C)c2nccs2)ccn1. The van der Waals surface area contributed by atoms with Crippen LogP contribution in [0.2, 0.25) is 0 Å². The van der Waals surface area contributed by atoms with Crippen LogP contribution in [0.15, 0.2) is 29.9 Å². The minimum absolute atomic E-state index is 0.0947. The Morgan fingerprint density at radius 3 is 2.95 bits per heavy atom. The van der Waals surface area contributed by atoms with Gasteiger partial charge in [-0.1, -0.05) is 6.92 Å². The van der Waals surface area contributed by atoms with Gasteiger partial charge in [-0.15, -0.1) is 11.3 Å². The van der Waals surface area contributed by atoms with E-state index in [2.05, 4.69) is 27.5 Å². The molecule has 2 heterocycles. The summed E-state index contributed by atoms with van der Waals surface area (Å²) in [5.74, 6) is 0.607. The summed E-state index contributed by atoms with van der Waals surface area (Å²) in [7, 11) is 0. The summed E-state index contributed by atoms with van der Waals surface area (Å²) in [6.07, 6.45) is 4.39. The van der Waals surface area contributed by atoms with E-state index in [1.165, 1.54) is 11.3 Å². The third-order valence-corrected chi connectivity index (χ3v) is 3.71. The van der Waals surface area contributed by atoms with Crippen LogP contribution in [-0.4, -0.2) is 22.4 Å². The van der Waals surface area contributed by atoms with Crippen LogP contribution in [0, 0.1) is 0 Å². The lowest BCUT2D eigenvalue weighted by Crippen LogP contribution is -2.26. The molecule has 0 bridgehead atoms. The maximum Gasteiger partial charge on any atom is 0.252 e. The number of amides is 1. The average Bonchev–Trinajstić information content (AvgIpc) is 2.99. The van der Waals surface area contributed by atoms with Gasteiger partial charge in [-0.2, -0.15) is 0 Å². The summed E-state index contributed by atoms with van der Waals surface area (Å²) in [5.41, 5.74) is 0.599. The predicted molar refractivity (Wildman–Crippen MR) is 81.0 cm³/mol. The Morgan fingerprint density at radius 1 is 1.40 bits per heavy atom. The summed E-state index contributed by atoms with van der Waals surface area (Å²) in [4.78, 5) is 20.6. The van der Waals surface area contributed by atoms with Crippen molar-refractivity contribution in [3.8, 4) is 0 Å². The van der Waals surface area contributed by atoms with E-state index in [0.29, 0.717) is 5.56 Å². The highest BCUT2D eigenvalue weighted by atomic mass is 32.1. The van der Waals surface area contributed by atoms with Crippen molar-refractivity contribution in [3.05, 3.63) is 40.5 Å². The largest absolute Gasteiger partial charge is 0.370 e. The summed E-state index contributed by atoms with van der Waals surface area (Å²) < 4.78 is 0. The third kappa shape index (κ3) is 3.77. The summed E-state index contributed by atoms with van der Waals surface area (Å²) in [6, 6.07) is 3.38. The zero-order valence-electron chi connectivity index (χ0n) is 11.6. The second-order valence-corrected chi connectivity index (χ2v) is 5.35. The lowest BCUT2D eigenvalue weighted by atomic mass is 10.2. The number of nitrogens with one attached hydrogen (secondary N) is 2. The number of pyridine rings is 1. The van der Waals surface area contributed by atoms with Crippen LogP contribution >= 0.6 is 11.3 Å². The molecule has 106 valence electrons. The number of carbonyl (C=O) groups excluding carboxylic acids is 1. The van der Waals surface area contributed by atoms with Crippen molar-refractivity contribution in [2.24, 2.45) is 0 Å². The Morgan fingerprint density at radius 2 is 2.25 bits per heavy atom. The zero-order valence-corrected chi connectivity index (χ0v) is 12.4. The van der Waals surface area contributed by atoms with Gasteiger partial charge in [-0.25, -0.2) is 9.97 Å². The Bertz CT molecular complexity index is 556. The molecule has 2 aromatic rings. The average molecular weight is 290 g/mol. The van der Waals surface area contributed by atoms with E-state index < -0.39 is 0 Å². The molecule has 0 aliphatic rings. The molecule has 6 heteroatoms. The van der Waals surface area contributed by atoms with Crippen molar-refractivity contribution in [1.82, 2.24) is 15.3 Å². The molecule has 1 amide bonds. The fraction of sp³-hybridized carbons (Fsp3) is 0.357. The molecule has 2 aromatic heterocycles. The highest BCUT2D eigenvalue weighted by Gasteiger charge is 2.13. The van der Waals surface area contributed by atoms with Crippen molar-refractivity contribution in [2.45, 2.75) is 26.3 Å². The Balaban J connectivity index is 2.01. The van der Waals surface area contributed by atoms with Crippen molar-refractivity contribution in [3.63, 3.8) is 0 Å². The zero-order chi connectivity index (χ0) is 14.4. The van der Waals surface area contributed by atoms with Gasteiger partial charge in [0.2, 0.25) is 0 Å². The van der Waals surface area contributed by atoms with E-state index >= 15 is 0 Å². The molecule has 2 rings (SSSR count). The lowest BCUT2D eigenvalue weighted by molar-refractivity contribution is 0.0940. The normalized spacial score (nSPS) is 11.9. The number of carbonyl (C=O) groups is 1. The van der Waals surface area contributed by atoms with Crippen molar-refractivity contribution in [1.29, 1.82) is 0 Å². The minimum atomic E-state index is -0.116. The highest BCUT2D eigenvalue weighted by Crippen LogP contribution is 2.16. The van der Waals surface area contributed by atoms with Gasteiger partial charge >= 0.3 is 0 Å². The van der Waals surface area contributed by atoms with Crippen LogP contribution in [0.25, 0.3) is 0 Å². The van der Waals surface area contributed by atoms with Crippen LogP contribution in [0.3, 0.4) is 0 Å². The fourth-order valence-corrected chi connectivity index (χ4v) is 2.36. The van der Waals surface area contributed by atoms with Crippen LogP contribution in [0.4, 0.5) is 5.82 Å². The molecule has 0 saturated carbocycles. The third-order valence-electron chi connectivity index (χ3n) is 2.75. The van der Waals surface area contributed by atoms with Gasteiger partial charge < -0.3 is 10.6 Å². The van der Waals surface area contributed by atoms with Gasteiger partial charge in [-0.05, 0) is 25.5 Å². The number of hydrogen-bond donors (Lipinski definition) is 2. The minimum Gasteiger partial charge on any atom is -0.370 e. The first-order valence-electron chi connectivity index (χ1n) is 6.61. The maximum absolute atomic E-state index is 12.2. The van der Waals surface area contributed by atoms with E-state index in [1.807, 2.05) is 12.3 Å². The monoisotopic (exact) mass is 290 g/mol. The number of nitrogens with zero attached hydrogens (tertiary/aromatic N) is 2. The molecule has 0 aliphatic carbocycles. The molecular formula is C14H18N4OS. The Kier molecular flexibility index (Phi) is 5.06. The van der Waals surface area contributed by atoms with Gasteiger partial charge in [0.1, 0.15) is 10.8 Å². The van der Waals surface area contributed by atoms with E-state index in [4.69, 9.17) is 0 Å². The lowest BCUT2D eigenvalue weighted by Gasteiger charge is -2.12. The molecule has 20 heavy (non-hydrogen) atoms. The first-order chi connectivity index (χ1) is 9.70. The number of aromatic nitrogens is 2.